The molecule has 17 heteroatoms. The van der Waals surface area contributed by atoms with Crippen molar-refractivity contribution in [2.45, 2.75) is 64.8 Å². The maximum Gasteiger partial charge on any atom is 0.417 e. The highest BCUT2D eigenvalue weighted by Crippen LogP contribution is 2.62. The number of thiophene rings is 2. The van der Waals surface area contributed by atoms with Gasteiger partial charge >= 0.3 is 12.2 Å². The van der Waals surface area contributed by atoms with Gasteiger partial charge in [-0.15, -0.1) is 45.3 Å². The van der Waals surface area contributed by atoms with E-state index in [0.29, 0.717) is 21.2 Å². The fourth-order valence-electron chi connectivity index (χ4n) is 8.89. The normalized spacial score (nSPS) is 20.5. The van der Waals surface area contributed by atoms with Gasteiger partial charge in [0.2, 0.25) is 5.91 Å². The van der Waals surface area contributed by atoms with E-state index in [1.165, 1.54) is 22.7 Å². The Morgan fingerprint density at radius 1 is 0.815 bits per heavy atom. The zero-order valence-corrected chi connectivity index (χ0v) is 38.4. The number of nitrogens with zero attached hydrogens (tertiary/aromatic N) is 6. The molecule has 0 N–H and O–H groups in total. The van der Waals surface area contributed by atoms with Crippen molar-refractivity contribution >= 4 is 101 Å². The molecule has 6 aromatic rings. The number of amides is 4. The van der Waals surface area contributed by atoms with E-state index in [1.807, 2.05) is 85.8 Å². The van der Waals surface area contributed by atoms with Gasteiger partial charge in [0.15, 0.2) is 5.75 Å². The third-order valence-corrected chi connectivity index (χ3v) is 17.0. The number of hydrogen-bond donors (Lipinski definition) is 0. The minimum absolute atomic E-state index is 0.00274. The number of thiazole rings is 2. The third kappa shape index (κ3) is 7.62. The minimum Gasteiger partial charge on any atom is -0.479 e. The zero-order valence-electron chi connectivity index (χ0n) is 35.1. The largest absolute Gasteiger partial charge is 0.479 e. The molecule has 0 radical (unpaired) electrons. The third-order valence-electron chi connectivity index (χ3n) is 12.4. The van der Waals surface area contributed by atoms with E-state index in [1.54, 1.807) is 29.6 Å². The van der Waals surface area contributed by atoms with Crippen LogP contribution >= 0.6 is 45.3 Å². The lowest BCUT2D eigenvalue weighted by atomic mass is 9.78. The van der Waals surface area contributed by atoms with Gasteiger partial charge < -0.3 is 14.2 Å². The van der Waals surface area contributed by atoms with Gasteiger partial charge in [-0.05, 0) is 72.6 Å². The van der Waals surface area contributed by atoms with E-state index in [0.717, 1.165) is 98.7 Å². The summed E-state index contributed by atoms with van der Waals surface area (Å²) in [6.07, 6.45) is 6.91. The first-order chi connectivity index (χ1) is 31.6. The number of likely N-dealkylation sites (tertiary alicyclic amines) is 1. The molecule has 7 heterocycles. The predicted octanol–water partition coefficient (Wildman–Crippen LogP) is 11.0. The molecule has 4 aromatic heterocycles. The molecule has 0 bridgehead atoms. The van der Waals surface area contributed by atoms with E-state index < -0.39 is 41.4 Å². The summed E-state index contributed by atoms with van der Waals surface area (Å²) >= 11 is 6.21. The van der Waals surface area contributed by atoms with Crippen molar-refractivity contribution in [2.24, 2.45) is 11.8 Å². The molecule has 4 aliphatic rings. The molecule has 10 rings (SSSR count). The molecule has 2 aromatic carbocycles. The number of fused-ring (bicyclic) bond motifs is 8. The van der Waals surface area contributed by atoms with Crippen LogP contribution in [0.4, 0.5) is 9.59 Å². The number of rotatable bonds is 6. The van der Waals surface area contributed by atoms with Crippen molar-refractivity contribution in [3.63, 3.8) is 0 Å². The molecule has 326 valence electrons. The van der Waals surface area contributed by atoms with Crippen LogP contribution in [0.3, 0.4) is 0 Å². The summed E-state index contributed by atoms with van der Waals surface area (Å²) in [5.41, 5.74) is 3.87. The van der Waals surface area contributed by atoms with Gasteiger partial charge in [-0.3, -0.25) is 9.59 Å². The molecule has 1 saturated heterocycles. The molecule has 65 heavy (non-hydrogen) atoms. The van der Waals surface area contributed by atoms with E-state index in [2.05, 4.69) is 6.07 Å². The Hall–Kier alpha value is -6.50. The SMILES string of the molecule is CC1=C(C#N)C(=O)N(C(=O)OCc2ccccc2)C/C1=C/c1nc2sc3c(c2s1)C1(CCCCC1)Oc1c-3sc2nc(/C=C3/CN(C(=O)OCc4ccccc4)C(=O)C(C#N)C3C)sc12. The fraction of sp³-hybridized carbons (Fsp3) is 0.292. The maximum absolute atomic E-state index is 13.3. The maximum atomic E-state index is 13.3. The number of imide groups is 2. The van der Waals surface area contributed by atoms with Crippen LogP contribution in [0.1, 0.15) is 72.7 Å². The molecular formula is C48H38N6O7S4. The number of piperidine rings is 1. The summed E-state index contributed by atoms with van der Waals surface area (Å²) in [5, 5.41) is 21.4. The first kappa shape index (κ1) is 42.5. The van der Waals surface area contributed by atoms with Gasteiger partial charge in [-0.1, -0.05) is 74.0 Å². The van der Waals surface area contributed by atoms with Crippen molar-refractivity contribution < 1.29 is 33.4 Å². The first-order valence-corrected chi connectivity index (χ1v) is 24.4. The van der Waals surface area contributed by atoms with Crippen LogP contribution in [0.15, 0.2) is 83.0 Å². The van der Waals surface area contributed by atoms with E-state index in [9.17, 15) is 29.7 Å². The summed E-state index contributed by atoms with van der Waals surface area (Å²) in [7, 11) is 0. The lowest BCUT2D eigenvalue weighted by Crippen LogP contribution is -2.48. The molecule has 1 saturated carbocycles. The van der Waals surface area contributed by atoms with Crippen molar-refractivity contribution in [1.82, 2.24) is 19.8 Å². The number of benzene rings is 2. The highest BCUT2D eigenvalue weighted by molar-refractivity contribution is 7.34. The van der Waals surface area contributed by atoms with E-state index in [4.69, 9.17) is 24.2 Å². The molecule has 2 unspecified atom stereocenters. The lowest BCUT2D eigenvalue weighted by Gasteiger charge is -2.40. The van der Waals surface area contributed by atoms with Gasteiger partial charge in [0.05, 0.1) is 33.6 Å². The van der Waals surface area contributed by atoms with Crippen molar-refractivity contribution in [3.05, 3.63) is 110 Å². The highest BCUT2D eigenvalue weighted by Gasteiger charge is 2.47. The van der Waals surface area contributed by atoms with Gasteiger partial charge in [-0.25, -0.2) is 29.4 Å². The Labute approximate surface area is 389 Å². The number of hydrogen-bond acceptors (Lipinski definition) is 15. The van der Waals surface area contributed by atoms with Gasteiger partial charge in [0, 0.05) is 11.5 Å². The Morgan fingerprint density at radius 2 is 1.42 bits per heavy atom. The summed E-state index contributed by atoms with van der Waals surface area (Å²) in [5.74, 6) is -1.94. The van der Waals surface area contributed by atoms with Gasteiger partial charge in [-0.2, -0.15) is 10.5 Å². The smallest absolute Gasteiger partial charge is 0.417 e. The minimum atomic E-state index is -1.05. The molecule has 4 amide bonds. The van der Waals surface area contributed by atoms with Crippen LogP contribution in [0.2, 0.25) is 0 Å². The Kier molecular flexibility index (Phi) is 11.2. The molecule has 13 nitrogen and oxygen atoms in total. The van der Waals surface area contributed by atoms with Crippen LogP contribution in [0.5, 0.6) is 5.75 Å². The van der Waals surface area contributed by atoms with E-state index in [-0.39, 0.29) is 31.9 Å². The van der Waals surface area contributed by atoms with Crippen LogP contribution in [-0.2, 0) is 37.9 Å². The molecule has 1 aliphatic carbocycles. The molecule has 1 spiro atoms. The number of nitriles is 2. The summed E-state index contributed by atoms with van der Waals surface area (Å²) in [6.45, 7) is 3.47. The van der Waals surface area contributed by atoms with Gasteiger partial charge in [0.1, 0.15) is 60.8 Å². The fourth-order valence-corrected chi connectivity index (χ4v) is 13.9. The van der Waals surface area contributed by atoms with Crippen LogP contribution in [0.25, 0.3) is 41.0 Å². The molecule has 2 fully saturated rings. The van der Waals surface area contributed by atoms with Crippen LogP contribution in [-0.4, -0.2) is 56.9 Å². The topological polar surface area (TPSA) is 176 Å². The second-order valence-electron chi connectivity index (χ2n) is 16.4. The van der Waals surface area contributed by atoms with E-state index >= 15 is 0 Å². The van der Waals surface area contributed by atoms with Crippen molar-refractivity contribution in [2.75, 3.05) is 13.1 Å². The highest BCUT2D eigenvalue weighted by atomic mass is 32.1. The molecule has 2 atom stereocenters. The monoisotopic (exact) mass is 938 g/mol. The number of carbonyl (C=O) groups excluding carboxylic acids is 4. The molecule has 3 aliphatic heterocycles. The van der Waals surface area contributed by atoms with Crippen LogP contribution < -0.4 is 4.74 Å². The van der Waals surface area contributed by atoms with Crippen molar-refractivity contribution in [1.29, 1.82) is 10.5 Å². The average molecular weight is 939 g/mol. The molecular weight excluding hydrogens is 901 g/mol. The lowest BCUT2D eigenvalue weighted by molar-refractivity contribution is -0.134. The number of ether oxygens (including phenoxy) is 3. The Bertz CT molecular complexity index is 3120. The van der Waals surface area contributed by atoms with Crippen molar-refractivity contribution in [3.8, 4) is 27.6 Å². The quantitative estimate of drug-likeness (QED) is 0.155. The Morgan fingerprint density at radius 3 is 2.06 bits per heavy atom. The number of aromatic nitrogens is 2. The van der Waals surface area contributed by atoms with Crippen LogP contribution in [0, 0.1) is 34.5 Å². The standard InChI is InChI=1S/C48H38N6O7S4/c1-26-30(22-53(44(55)32(26)20-49)46(57)59-24-28-12-6-3-7-13-28)18-34-51-42-39(62-34)36-38(64-42)40-37(61-48(36)16-10-5-11-17-48)41-43(65-40)52-35(63-41)19-31-23-54(45(56)33(21-50)27(31)2)47(58)60-25-29-14-8-4-9-15-29/h3-4,6-9,12-15,18-19,27,33H,5,10-11,16-17,22-25H2,1-2H3/b30-18-,31-19-. The zero-order chi connectivity index (χ0) is 45.0. The Balaban J connectivity index is 0.954. The first-order valence-electron chi connectivity index (χ1n) is 21.1. The second-order valence-corrected chi connectivity index (χ2v) is 20.4. The summed E-state index contributed by atoms with van der Waals surface area (Å²) in [6, 6.07) is 22.5. The summed E-state index contributed by atoms with van der Waals surface area (Å²) in [4.78, 5) is 69.0. The van der Waals surface area contributed by atoms with Gasteiger partial charge in [0.25, 0.3) is 5.91 Å². The summed E-state index contributed by atoms with van der Waals surface area (Å²) < 4.78 is 20.2. The second kappa shape index (κ2) is 17.1. The average Bonchev–Trinajstić information content (AvgIpc) is 4.08. The number of carbonyl (C=O) groups is 4. The predicted molar refractivity (Wildman–Crippen MR) is 249 cm³/mol.